The highest BCUT2D eigenvalue weighted by atomic mass is 19.4. The number of carbonyl (C=O) groups is 1. The predicted octanol–water partition coefficient (Wildman–Crippen LogP) is 3.56. The molecule has 2 amide bonds. The molecular weight excluding hydrogens is 321 g/mol. The van der Waals surface area contributed by atoms with Crippen molar-refractivity contribution < 1.29 is 18.0 Å². The predicted molar refractivity (Wildman–Crippen MR) is 82.5 cm³/mol. The van der Waals surface area contributed by atoms with Gasteiger partial charge in [-0.05, 0) is 25.0 Å². The number of halogens is 3. The SMILES string of the molecule is O=C(NCc1cn2c(n1)CCCC2)Nc1ccccc1C(F)(F)F. The molecule has 0 saturated carbocycles. The summed E-state index contributed by atoms with van der Waals surface area (Å²) in [5.74, 6) is 0.987. The summed E-state index contributed by atoms with van der Waals surface area (Å²) < 4.78 is 40.7. The van der Waals surface area contributed by atoms with Crippen molar-refractivity contribution in [2.45, 2.75) is 38.5 Å². The van der Waals surface area contributed by atoms with Crippen LogP contribution in [0.2, 0.25) is 0 Å². The minimum absolute atomic E-state index is 0.167. The third kappa shape index (κ3) is 3.69. The Morgan fingerprint density at radius 2 is 2.04 bits per heavy atom. The molecule has 2 aromatic rings. The summed E-state index contributed by atoms with van der Waals surface area (Å²) in [6.45, 7) is 1.08. The van der Waals surface area contributed by atoms with Crippen molar-refractivity contribution in [1.82, 2.24) is 14.9 Å². The van der Waals surface area contributed by atoms with E-state index in [1.54, 1.807) is 0 Å². The monoisotopic (exact) mass is 338 g/mol. The summed E-state index contributed by atoms with van der Waals surface area (Å²) in [4.78, 5) is 16.3. The summed E-state index contributed by atoms with van der Waals surface area (Å²) in [6.07, 6.45) is 0.458. The van der Waals surface area contributed by atoms with E-state index >= 15 is 0 Å². The maximum atomic E-state index is 12.9. The summed E-state index contributed by atoms with van der Waals surface area (Å²) in [5.41, 5.74) is -0.449. The first kappa shape index (κ1) is 16.4. The number of aromatic nitrogens is 2. The molecule has 0 unspecified atom stereocenters. The largest absolute Gasteiger partial charge is 0.418 e. The van der Waals surface area contributed by atoms with Crippen molar-refractivity contribution in [3.8, 4) is 0 Å². The van der Waals surface area contributed by atoms with Gasteiger partial charge in [-0.15, -0.1) is 0 Å². The molecule has 24 heavy (non-hydrogen) atoms. The summed E-state index contributed by atoms with van der Waals surface area (Å²) in [5, 5.41) is 4.79. The van der Waals surface area contributed by atoms with Crippen LogP contribution in [-0.4, -0.2) is 15.6 Å². The molecule has 128 valence electrons. The van der Waals surface area contributed by atoms with Crippen LogP contribution in [0.1, 0.15) is 29.9 Å². The number of amides is 2. The van der Waals surface area contributed by atoms with Gasteiger partial charge in [0.2, 0.25) is 0 Å². The lowest BCUT2D eigenvalue weighted by Gasteiger charge is -2.13. The van der Waals surface area contributed by atoms with Gasteiger partial charge in [0.05, 0.1) is 23.5 Å². The van der Waals surface area contributed by atoms with E-state index in [-0.39, 0.29) is 12.2 Å². The molecule has 0 bridgehead atoms. The van der Waals surface area contributed by atoms with Crippen molar-refractivity contribution in [3.05, 3.63) is 47.5 Å². The number of benzene rings is 1. The maximum absolute atomic E-state index is 12.9. The van der Waals surface area contributed by atoms with Gasteiger partial charge in [-0.3, -0.25) is 0 Å². The van der Waals surface area contributed by atoms with Gasteiger partial charge in [-0.25, -0.2) is 9.78 Å². The minimum atomic E-state index is -4.52. The van der Waals surface area contributed by atoms with Crippen molar-refractivity contribution in [1.29, 1.82) is 0 Å². The molecular formula is C16H17F3N4O. The second-order valence-electron chi connectivity index (χ2n) is 5.65. The highest BCUT2D eigenvalue weighted by molar-refractivity contribution is 5.90. The van der Waals surface area contributed by atoms with E-state index in [4.69, 9.17) is 0 Å². The van der Waals surface area contributed by atoms with Gasteiger partial charge >= 0.3 is 12.2 Å². The zero-order valence-corrected chi connectivity index (χ0v) is 12.9. The standard InChI is InChI=1S/C16H17F3N4O/c17-16(18,19)12-5-1-2-6-13(12)22-15(24)20-9-11-10-23-8-4-3-7-14(23)21-11/h1-2,5-6,10H,3-4,7-9H2,(H2,20,22,24). The first-order valence-electron chi connectivity index (χ1n) is 7.69. The van der Waals surface area contributed by atoms with Crippen LogP contribution in [0.4, 0.5) is 23.7 Å². The number of para-hydroxylation sites is 1. The molecule has 1 aliphatic rings. The number of rotatable bonds is 3. The number of imidazole rings is 1. The first-order valence-corrected chi connectivity index (χ1v) is 7.69. The summed E-state index contributed by atoms with van der Waals surface area (Å²) in [7, 11) is 0. The van der Waals surface area contributed by atoms with Crippen LogP contribution in [0, 0.1) is 0 Å². The third-order valence-electron chi connectivity index (χ3n) is 3.87. The minimum Gasteiger partial charge on any atom is -0.335 e. The van der Waals surface area contributed by atoms with Crippen LogP contribution in [0.3, 0.4) is 0 Å². The lowest BCUT2D eigenvalue weighted by atomic mass is 10.1. The number of hydrogen-bond acceptors (Lipinski definition) is 2. The molecule has 0 saturated heterocycles. The fourth-order valence-corrected chi connectivity index (χ4v) is 2.73. The number of urea groups is 1. The van der Waals surface area contributed by atoms with E-state index in [1.807, 2.05) is 6.20 Å². The second kappa shape index (κ2) is 6.54. The third-order valence-corrected chi connectivity index (χ3v) is 3.87. The smallest absolute Gasteiger partial charge is 0.335 e. The van der Waals surface area contributed by atoms with Gasteiger partial charge in [-0.1, -0.05) is 12.1 Å². The molecule has 1 aliphatic heterocycles. The Morgan fingerprint density at radius 1 is 1.25 bits per heavy atom. The highest BCUT2D eigenvalue weighted by Crippen LogP contribution is 2.34. The second-order valence-corrected chi connectivity index (χ2v) is 5.65. The van der Waals surface area contributed by atoms with Crippen molar-refractivity contribution in [2.75, 3.05) is 5.32 Å². The Labute approximate surface area is 136 Å². The van der Waals surface area contributed by atoms with Crippen molar-refractivity contribution >= 4 is 11.7 Å². The van der Waals surface area contributed by atoms with Crippen molar-refractivity contribution in [3.63, 3.8) is 0 Å². The molecule has 0 spiro atoms. The van der Waals surface area contributed by atoms with Gasteiger partial charge in [-0.2, -0.15) is 13.2 Å². The molecule has 2 heterocycles. The number of anilines is 1. The normalized spacial score (nSPS) is 14.1. The number of nitrogens with one attached hydrogen (secondary N) is 2. The van der Waals surface area contributed by atoms with Crippen LogP contribution in [0.15, 0.2) is 30.5 Å². The molecule has 5 nitrogen and oxygen atoms in total. The Bertz CT molecular complexity index is 716. The molecule has 0 fully saturated rings. The molecule has 0 atom stereocenters. The van der Waals surface area contributed by atoms with Crippen LogP contribution >= 0.6 is 0 Å². The van der Waals surface area contributed by atoms with Crippen LogP contribution in [0.5, 0.6) is 0 Å². The zero-order valence-electron chi connectivity index (χ0n) is 12.9. The van der Waals surface area contributed by atoms with E-state index in [0.717, 1.165) is 37.7 Å². The number of alkyl halides is 3. The molecule has 3 rings (SSSR count). The lowest BCUT2D eigenvalue weighted by Crippen LogP contribution is -2.29. The Morgan fingerprint density at radius 3 is 2.79 bits per heavy atom. The van der Waals surface area contributed by atoms with Gasteiger partial charge in [0.1, 0.15) is 5.82 Å². The number of aryl methyl sites for hydroxylation is 2. The fourth-order valence-electron chi connectivity index (χ4n) is 2.73. The number of carbonyl (C=O) groups excluding carboxylic acids is 1. The average Bonchev–Trinajstić information content (AvgIpc) is 2.95. The van der Waals surface area contributed by atoms with E-state index in [0.29, 0.717) is 5.69 Å². The first-order chi connectivity index (χ1) is 11.4. The molecule has 1 aromatic heterocycles. The van der Waals surface area contributed by atoms with Gasteiger partial charge in [0, 0.05) is 19.2 Å². The molecule has 0 aliphatic carbocycles. The number of fused-ring (bicyclic) bond motifs is 1. The van der Waals surface area contributed by atoms with Crippen LogP contribution in [0.25, 0.3) is 0 Å². The van der Waals surface area contributed by atoms with Crippen LogP contribution in [-0.2, 0) is 25.7 Å². The van der Waals surface area contributed by atoms with Gasteiger partial charge in [0.15, 0.2) is 0 Å². The zero-order chi connectivity index (χ0) is 17.2. The molecule has 1 aromatic carbocycles. The average molecular weight is 338 g/mol. The molecule has 0 radical (unpaired) electrons. The highest BCUT2D eigenvalue weighted by Gasteiger charge is 2.33. The quantitative estimate of drug-likeness (QED) is 0.899. The van der Waals surface area contributed by atoms with E-state index in [2.05, 4.69) is 20.2 Å². The van der Waals surface area contributed by atoms with E-state index < -0.39 is 17.8 Å². The molecule has 2 N–H and O–H groups in total. The van der Waals surface area contributed by atoms with E-state index in [1.165, 1.54) is 18.2 Å². The molecule has 8 heteroatoms. The number of nitrogens with zero attached hydrogens (tertiary/aromatic N) is 2. The Hall–Kier alpha value is -2.51. The van der Waals surface area contributed by atoms with Crippen LogP contribution < -0.4 is 10.6 Å². The van der Waals surface area contributed by atoms with Gasteiger partial charge < -0.3 is 15.2 Å². The van der Waals surface area contributed by atoms with E-state index in [9.17, 15) is 18.0 Å². The van der Waals surface area contributed by atoms with Gasteiger partial charge in [0.25, 0.3) is 0 Å². The topological polar surface area (TPSA) is 59.0 Å². The lowest BCUT2D eigenvalue weighted by molar-refractivity contribution is -0.136. The van der Waals surface area contributed by atoms with Crippen molar-refractivity contribution in [2.24, 2.45) is 0 Å². The Kier molecular flexibility index (Phi) is 4.46. The summed E-state index contributed by atoms with van der Waals surface area (Å²) in [6, 6.07) is 4.17. The Balaban J connectivity index is 1.61. The number of hydrogen-bond donors (Lipinski definition) is 2. The maximum Gasteiger partial charge on any atom is 0.418 e. The fraction of sp³-hybridized carbons (Fsp3) is 0.375. The summed E-state index contributed by atoms with van der Waals surface area (Å²) >= 11 is 0.